The first kappa shape index (κ1) is 14.2. The zero-order valence-electron chi connectivity index (χ0n) is 11.5. The van der Waals surface area contributed by atoms with Gasteiger partial charge in [0, 0.05) is 19.5 Å². The molecule has 0 bridgehead atoms. The van der Waals surface area contributed by atoms with Crippen LogP contribution in [0.15, 0.2) is 18.2 Å². The maximum atomic E-state index is 10.9. The van der Waals surface area contributed by atoms with Gasteiger partial charge in [0.2, 0.25) is 12.7 Å². The largest absolute Gasteiger partial charge is 0.454 e. The number of nitrogens with one attached hydrogen (secondary N) is 2. The molecule has 0 aromatic heterocycles. The van der Waals surface area contributed by atoms with Crippen LogP contribution in [-0.4, -0.2) is 25.3 Å². The van der Waals surface area contributed by atoms with E-state index < -0.39 is 6.04 Å². The molecule has 2 rings (SSSR count). The second kappa shape index (κ2) is 6.26. The number of hydrogen-bond donors (Lipinski definition) is 2. The van der Waals surface area contributed by atoms with Crippen molar-refractivity contribution in [1.82, 2.24) is 10.6 Å². The molecule has 0 saturated heterocycles. The number of carbonyl (C=O) groups is 1. The van der Waals surface area contributed by atoms with E-state index in [4.69, 9.17) is 9.47 Å². The summed E-state index contributed by atoms with van der Waals surface area (Å²) in [5, 5.41) is 15.1. The number of fused-ring (bicyclic) bond motifs is 1. The topological polar surface area (TPSA) is 83.4 Å². The number of carbonyl (C=O) groups excluding carboxylic acids is 1. The van der Waals surface area contributed by atoms with Crippen LogP contribution in [0.1, 0.15) is 25.5 Å². The predicted molar refractivity (Wildman–Crippen MR) is 72.2 cm³/mol. The number of benzene rings is 1. The van der Waals surface area contributed by atoms with Crippen molar-refractivity contribution in [1.29, 1.82) is 5.26 Å². The van der Waals surface area contributed by atoms with E-state index in [2.05, 4.69) is 16.7 Å². The normalized spacial score (nSPS) is 15.2. The zero-order valence-corrected chi connectivity index (χ0v) is 11.5. The molecule has 1 amide bonds. The van der Waals surface area contributed by atoms with Crippen LogP contribution in [0.2, 0.25) is 0 Å². The lowest BCUT2D eigenvalue weighted by molar-refractivity contribution is -0.119. The number of rotatable bonds is 5. The Morgan fingerprint density at radius 1 is 1.45 bits per heavy atom. The molecule has 2 atom stereocenters. The fourth-order valence-electron chi connectivity index (χ4n) is 2.02. The highest BCUT2D eigenvalue weighted by molar-refractivity contribution is 5.73. The molecule has 6 heteroatoms. The van der Waals surface area contributed by atoms with Crippen LogP contribution in [0.5, 0.6) is 11.5 Å². The molecule has 0 saturated carbocycles. The Labute approximate surface area is 117 Å². The van der Waals surface area contributed by atoms with E-state index in [9.17, 15) is 10.1 Å². The lowest BCUT2D eigenvalue weighted by atomic mass is 10.1. The number of nitriles is 1. The smallest absolute Gasteiger partial charge is 0.231 e. The molecule has 1 aromatic carbocycles. The number of nitrogens with zero attached hydrogens (tertiary/aromatic N) is 1. The monoisotopic (exact) mass is 275 g/mol. The van der Waals surface area contributed by atoms with Gasteiger partial charge in [0.05, 0.1) is 6.07 Å². The van der Waals surface area contributed by atoms with E-state index in [-0.39, 0.29) is 18.7 Å². The molecule has 106 valence electrons. The Morgan fingerprint density at radius 2 is 2.20 bits per heavy atom. The molecule has 0 aliphatic carbocycles. The third-order valence-electron chi connectivity index (χ3n) is 2.94. The van der Waals surface area contributed by atoms with Crippen LogP contribution in [0.25, 0.3) is 0 Å². The first-order valence-electron chi connectivity index (χ1n) is 6.40. The number of ether oxygens (including phenoxy) is 2. The Bertz CT molecular complexity index is 539. The van der Waals surface area contributed by atoms with Crippen molar-refractivity contribution in [3.05, 3.63) is 23.8 Å². The molecule has 0 spiro atoms. The third kappa shape index (κ3) is 3.39. The first-order chi connectivity index (χ1) is 9.60. The van der Waals surface area contributed by atoms with Crippen molar-refractivity contribution in [2.75, 3.05) is 13.3 Å². The van der Waals surface area contributed by atoms with Crippen molar-refractivity contribution >= 4 is 5.91 Å². The molecule has 2 N–H and O–H groups in total. The average Bonchev–Trinajstić information content (AvgIpc) is 2.86. The summed E-state index contributed by atoms with van der Waals surface area (Å²) in [4.78, 5) is 10.9. The Morgan fingerprint density at radius 3 is 2.90 bits per heavy atom. The molecule has 1 aromatic rings. The summed E-state index contributed by atoms with van der Waals surface area (Å²) in [5.41, 5.74) is 0.812. The molecule has 20 heavy (non-hydrogen) atoms. The summed E-state index contributed by atoms with van der Waals surface area (Å²) in [7, 11) is 0. The van der Waals surface area contributed by atoms with E-state index in [0.29, 0.717) is 18.0 Å². The molecule has 6 nitrogen and oxygen atoms in total. The summed E-state index contributed by atoms with van der Waals surface area (Å²) in [6.07, 6.45) is 0. The minimum atomic E-state index is -0.458. The van der Waals surface area contributed by atoms with Gasteiger partial charge in [-0.25, -0.2) is 0 Å². The third-order valence-corrected chi connectivity index (χ3v) is 2.94. The molecular weight excluding hydrogens is 258 g/mol. The highest BCUT2D eigenvalue weighted by atomic mass is 16.7. The molecule has 0 fully saturated rings. The van der Waals surface area contributed by atoms with Crippen LogP contribution < -0.4 is 20.1 Å². The van der Waals surface area contributed by atoms with Gasteiger partial charge in [0.15, 0.2) is 11.5 Å². The zero-order chi connectivity index (χ0) is 14.5. The van der Waals surface area contributed by atoms with E-state index >= 15 is 0 Å². The lowest BCUT2D eigenvalue weighted by Crippen LogP contribution is -2.39. The second-order valence-electron chi connectivity index (χ2n) is 4.68. The van der Waals surface area contributed by atoms with Gasteiger partial charge in [-0.2, -0.15) is 5.26 Å². The highest BCUT2D eigenvalue weighted by Crippen LogP contribution is 2.34. The minimum absolute atomic E-state index is 0.0441. The van der Waals surface area contributed by atoms with Crippen LogP contribution in [0, 0.1) is 11.3 Å². The van der Waals surface area contributed by atoms with E-state index in [1.807, 2.05) is 13.0 Å². The summed E-state index contributed by atoms with van der Waals surface area (Å²) in [5.74, 6) is 1.26. The summed E-state index contributed by atoms with van der Waals surface area (Å²) >= 11 is 0. The van der Waals surface area contributed by atoms with Gasteiger partial charge in [-0.05, 0) is 24.6 Å². The molecule has 1 aliphatic heterocycles. The molecular formula is C14H17N3O3. The van der Waals surface area contributed by atoms with E-state index in [0.717, 1.165) is 5.56 Å². The van der Waals surface area contributed by atoms with Gasteiger partial charge in [-0.3, -0.25) is 10.1 Å². The fourth-order valence-corrected chi connectivity index (χ4v) is 2.02. The van der Waals surface area contributed by atoms with Gasteiger partial charge in [0.1, 0.15) is 6.04 Å². The van der Waals surface area contributed by atoms with Crippen molar-refractivity contribution < 1.29 is 14.3 Å². The first-order valence-corrected chi connectivity index (χ1v) is 6.40. The van der Waals surface area contributed by atoms with Crippen molar-refractivity contribution in [2.24, 2.45) is 0 Å². The Hall–Kier alpha value is -2.26. The summed E-state index contributed by atoms with van der Waals surface area (Å²) in [6, 6.07) is 7.12. The Kier molecular flexibility index (Phi) is 4.43. The molecule has 0 radical (unpaired) electrons. The lowest BCUT2D eigenvalue weighted by Gasteiger charge is -2.17. The van der Waals surface area contributed by atoms with Crippen LogP contribution in [0.3, 0.4) is 0 Å². The van der Waals surface area contributed by atoms with Crippen molar-refractivity contribution in [2.45, 2.75) is 25.9 Å². The highest BCUT2D eigenvalue weighted by Gasteiger charge is 2.18. The van der Waals surface area contributed by atoms with Gasteiger partial charge in [-0.1, -0.05) is 6.07 Å². The maximum absolute atomic E-state index is 10.9. The van der Waals surface area contributed by atoms with Gasteiger partial charge < -0.3 is 14.8 Å². The van der Waals surface area contributed by atoms with Crippen molar-refractivity contribution in [3.63, 3.8) is 0 Å². The van der Waals surface area contributed by atoms with E-state index in [1.165, 1.54) is 6.92 Å². The second-order valence-corrected chi connectivity index (χ2v) is 4.68. The average molecular weight is 275 g/mol. The molecule has 1 heterocycles. The quantitative estimate of drug-likeness (QED) is 0.840. The maximum Gasteiger partial charge on any atom is 0.231 e. The van der Waals surface area contributed by atoms with Crippen molar-refractivity contribution in [3.8, 4) is 17.6 Å². The molecule has 1 aliphatic rings. The number of hydrogen-bond acceptors (Lipinski definition) is 5. The standard InChI is InChI=1S/C14H17N3O3/c1-9(17-10(2)18)7-16-12(6-15)11-3-4-13-14(5-11)20-8-19-13/h3-5,9,12,16H,7-8H2,1-2H3,(H,17,18). The van der Waals surface area contributed by atoms with Gasteiger partial charge in [0.25, 0.3) is 0 Å². The SMILES string of the molecule is CC(=O)NC(C)CNC(C#N)c1ccc2c(c1)OCO2. The summed E-state index contributed by atoms with van der Waals surface area (Å²) < 4.78 is 10.5. The van der Waals surface area contributed by atoms with Crippen LogP contribution in [-0.2, 0) is 4.79 Å². The van der Waals surface area contributed by atoms with Gasteiger partial charge in [-0.15, -0.1) is 0 Å². The van der Waals surface area contributed by atoms with Gasteiger partial charge >= 0.3 is 0 Å². The number of amides is 1. The minimum Gasteiger partial charge on any atom is -0.454 e. The Balaban J connectivity index is 1.98. The summed E-state index contributed by atoms with van der Waals surface area (Å²) in [6.45, 7) is 4.06. The predicted octanol–water partition coefficient (Wildman–Crippen LogP) is 1.09. The molecule has 2 unspecified atom stereocenters. The van der Waals surface area contributed by atoms with Crippen LogP contribution >= 0.6 is 0 Å². The van der Waals surface area contributed by atoms with E-state index in [1.54, 1.807) is 12.1 Å². The fraction of sp³-hybridized carbons (Fsp3) is 0.429. The van der Waals surface area contributed by atoms with Crippen LogP contribution in [0.4, 0.5) is 0 Å².